The number of unbranched alkanes of at least 4 members (excludes halogenated alkanes) is 1. The van der Waals surface area contributed by atoms with Crippen LogP contribution in [-0.4, -0.2) is 18.2 Å². The summed E-state index contributed by atoms with van der Waals surface area (Å²) in [6.07, 6.45) is 5.95. The molecule has 0 aliphatic heterocycles. The fraction of sp³-hybridized carbons (Fsp3) is 0.647. The molecule has 1 aromatic rings. The predicted octanol–water partition coefficient (Wildman–Crippen LogP) is 4.48. The standard InChI is InChI=1S/C17H28O3S/c1-3-5-12-16(9-4-2)17(21(18,19)20)14-13-15-10-7-6-8-11-15/h6-8,10-11,16-17H,3-5,9,12-14H2,1-2H3,(H,18,19,20). The quantitative estimate of drug-likeness (QED) is 0.648. The zero-order chi connectivity index (χ0) is 15.7. The molecule has 21 heavy (non-hydrogen) atoms. The highest BCUT2D eigenvalue weighted by molar-refractivity contribution is 7.86. The van der Waals surface area contributed by atoms with Crippen LogP contribution in [0.1, 0.15) is 57.9 Å². The highest BCUT2D eigenvalue weighted by Gasteiger charge is 2.30. The summed E-state index contributed by atoms with van der Waals surface area (Å²) in [6, 6.07) is 9.87. The van der Waals surface area contributed by atoms with E-state index >= 15 is 0 Å². The monoisotopic (exact) mass is 312 g/mol. The van der Waals surface area contributed by atoms with E-state index in [9.17, 15) is 13.0 Å². The van der Waals surface area contributed by atoms with Crippen LogP contribution in [0.2, 0.25) is 0 Å². The van der Waals surface area contributed by atoms with E-state index in [1.165, 1.54) is 0 Å². The van der Waals surface area contributed by atoms with Gasteiger partial charge in [-0.3, -0.25) is 4.55 Å². The lowest BCUT2D eigenvalue weighted by Gasteiger charge is -2.24. The van der Waals surface area contributed by atoms with Crippen molar-refractivity contribution in [3.63, 3.8) is 0 Å². The van der Waals surface area contributed by atoms with Crippen LogP contribution in [0.4, 0.5) is 0 Å². The first-order valence-electron chi connectivity index (χ1n) is 7.99. The molecule has 1 N–H and O–H groups in total. The van der Waals surface area contributed by atoms with Crippen molar-refractivity contribution >= 4 is 10.1 Å². The van der Waals surface area contributed by atoms with Gasteiger partial charge in [0.05, 0.1) is 5.25 Å². The van der Waals surface area contributed by atoms with Crippen LogP contribution < -0.4 is 0 Å². The lowest BCUT2D eigenvalue weighted by atomic mass is 9.90. The van der Waals surface area contributed by atoms with E-state index < -0.39 is 15.4 Å². The van der Waals surface area contributed by atoms with Crippen LogP contribution in [0.3, 0.4) is 0 Å². The lowest BCUT2D eigenvalue weighted by Crippen LogP contribution is -2.30. The van der Waals surface area contributed by atoms with Gasteiger partial charge in [-0.1, -0.05) is 63.4 Å². The summed E-state index contributed by atoms with van der Waals surface area (Å²) in [7, 11) is -3.99. The fourth-order valence-corrected chi connectivity index (χ4v) is 4.11. The molecule has 1 aromatic carbocycles. The molecule has 0 saturated carbocycles. The minimum atomic E-state index is -3.99. The Morgan fingerprint density at radius 1 is 1.00 bits per heavy atom. The van der Waals surface area contributed by atoms with Crippen LogP contribution in [0.15, 0.2) is 30.3 Å². The Morgan fingerprint density at radius 3 is 2.19 bits per heavy atom. The second-order valence-electron chi connectivity index (χ2n) is 5.77. The molecule has 1 rings (SSSR count). The molecule has 0 heterocycles. The van der Waals surface area contributed by atoms with Crippen molar-refractivity contribution in [3.8, 4) is 0 Å². The largest absolute Gasteiger partial charge is 0.285 e. The van der Waals surface area contributed by atoms with Gasteiger partial charge in [0.2, 0.25) is 0 Å². The maximum atomic E-state index is 11.8. The molecule has 0 fully saturated rings. The van der Waals surface area contributed by atoms with Gasteiger partial charge in [0.15, 0.2) is 0 Å². The van der Waals surface area contributed by atoms with Crippen molar-refractivity contribution in [1.29, 1.82) is 0 Å². The first kappa shape index (κ1) is 18.2. The molecule has 0 aliphatic carbocycles. The summed E-state index contributed by atoms with van der Waals surface area (Å²) >= 11 is 0. The number of rotatable bonds is 10. The van der Waals surface area contributed by atoms with Crippen molar-refractivity contribution in [3.05, 3.63) is 35.9 Å². The van der Waals surface area contributed by atoms with Gasteiger partial charge in [-0.2, -0.15) is 8.42 Å². The molecule has 120 valence electrons. The van der Waals surface area contributed by atoms with E-state index in [-0.39, 0.29) is 5.92 Å². The molecular weight excluding hydrogens is 284 g/mol. The van der Waals surface area contributed by atoms with E-state index in [1.807, 2.05) is 30.3 Å². The topological polar surface area (TPSA) is 54.4 Å². The molecule has 0 bridgehead atoms. The molecular formula is C17H28O3S. The van der Waals surface area contributed by atoms with Gasteiger partial charge in [0.1, 0.15) is 0 Å². The van der Waals surface area contributed by atoms with E-state index in [1.54, 1.807) is 0 Å². The van der Waals surface area contributed by atoms with E-state index in [0.717, 1.165) is 37.7 Å². The highest BCUT2D eigenvalue weighted by Crippen LogP contribution is 2.27. The second kappa shape index (κ2) is 9.21. The Morgan fingerprint density at radius 2 is 1.67 bits per heavy atom. The molecule has 0 spiro atoms. The van der Waals surface area contributed by atoms with Crippen molar-refractivity contribution < 1.29 is 13.0 Å². The Kier molecular flexibility index (Phi) is 7.97. The third kappa shape index (κ3) is 6.62. The van der Waals surface area contributed by atoms with Gasteiger partial charge in [-0.25, -0.2) is 0 Å². The Hall–Kier alpha value is -0.870. The minimum Gasteiger partial charge on any atom is -0.285 e. The summed E-state index contributed by atoms with van der Waals surface area (Å²) in [5.41, 5.74) is 1.12. The van der Waals surface area contributed by atoms with Crippen LogP contribution in [-0.2, 0) is 16.5 Å². The zero-order valence-electron chi connectivity index (χ0n) is 13.2. The highest BCUT2D eigenvalue weighted by atomic mass is 32.2. The van der Waals surface area contributed by atoms with Crippen LogP contribution >= 0.6 is 0 Å². The van der Waals surface area contributed by atoms with Gasteiger partial charge in [0.25, 0.3) is 10.1 Å². The van der Waals surface area contributed by atoms with Gasteiger partial charge in [-0.15, -0.1) is 0 Å². The summed E-state index contributed by atoms with van der Waals surface area (Å²) in [6.45, 7) is 4.17. The Balaban J connectivity index is 2.78. The van der Waals surface area contributed by atoms with Gasteiger partial charge in [0, 0.05) is 0 Å². The third-order valence-corrected chi connectivity index (χ3v) is 5.44. The lowest BCUT2D eigenvalue weighted by molar-refractivity contribution is 0.363. The molecule has 0 aromatic heterocycles. The van der Waals surface area contributed by atoms with Crippen LogP contribution in [0.5, 0.6) is 0 Å². The maximum Gasteiger partial charge on any atom is 0.268 e. The average Bonchev–Trinajstić information content (AvgIpc) is 2.44. The SMILES string of the molecule is CCCCC(CCC)C(CCc1ccccc1)S(=O)(=O)O. The first-order valence-corrected chi connectivity index (χ1v) is 9.49. The number of aryl methyl sites for hydroxylation is 1. The zero-order valence-corrected chi connectivity index (χ0v) is 14.0. The summed E-state index contributed by atoms with van der Waals surface area (Å²) in [5, 5.41) is -0.635. The number of hydrogen-bond acceptors (Lipinski definition) is 2. The normalized spacial score (nSPS) is 14.8. The summed E-state index contributed by atoms with van der Waals surface area (Å²) in [5.74, 6) is 0.0636. The molecule has 2 unspecified atom stereocenters. The minimum absolute atomic E-state index is 0.0636. The van der Waals surface area contributed by atoms with Crippen LogP contribution in [0.25, 0.3) is 0 Å². The summed E-state index contributed by atoms with van der Waals surface area (Å²) in [4.78, 5) is 0. The Bertz CT molecular complexity index is 482. The predicted molar refractivity (Wildman–Crippen MR) is 88.0 cm³/mol. The van der Waals surface area contributed by atoms with E-state index in [4.69, 9.17) is 0 Å². The van der Waals surface area contributed by atoms with Crippen molar-refractivity contribution in [2.75, 3.05) is 0 Å². The maximum absolute atomic E-state index is 11.8. The molecule has 0 aliphatic rings. The van der Waals surface area contributed by atoms with Crippen LogP contribution in [0, 0.1) is 5.92 Å². The van der Waals surface area contributed by atoms with Crippen molar-refractivity contribution in [1.82, 2.24) is 0 Å². The molecule has 0 saturated heterocycles. The van der Waals surface area contributed by atoms with Crippen molar-refractivity contribution in [2.24, 2.45) is 5.92 Å². The van der Waals surface area contributed by atoms with Gasteiger partial charge < -0.3 is 0 Å². The molecule has 4 heteroatoms. The fourth-order valence-electron chi connectivity index (χ4n) is 2.93. The molecule has 0 radical (unpaired) electrons. The van der Waals surface area contributed by atoms with E-state index in [2.05, 4.69) is 13.8 Å². The first-order chi connectivity index (χ1) is 9.99. The smallest absolute Gasteiger partial charge is 0.268 e. The Labute approximate surface area is 129 Å². The van der Waals surface area contributed by atoms with Gasteiger partial charge >= 0.3 is 0 Å². The van der Waals surface area contributed by atoms with Crippen molar-refractivity contribution in [2.45, 2.75) is 64.0 Å². The number of benzene rings is 1. The molecule has 3 nitrogen and oxygen atoms in total. The molecule has 2 atom stereocenters. The summed E-state index contributed by atoms with van der Waals surface area (Å²) < 4.78 is 33.2. The van der Waals surface area contributed by atoms with Gasteiger partial charge in [-0.05, 0) is 37.2 Å². The third-order valence-electron chi connectivity index (χ3n) is 4.06. The molecule has 0 amide bonds. The number of hydrogen-bond donors (Lipinski definition) is 1. The average molecular weight is 312 g/mol. The van der Waals surface area contributed by atoms with E-state index in [0.29, 0.717) is 12.8 Å². The second-order valence-corrected chi connectivity index (χ2v) is 7.40.